The lowest BCUT2D eigenvalue weighted by molar-refractivity contribution is -0.137. The van der Waals surface area contributed by atoms with Crippen molar-refractivity contribution < 1.29 is 17.6 Å². The van der Waals surface area contributed by atoms with Gasteiger partial charge in [0.15, 0.2) is 0 Å². The number of halogens is 4. The molecule has 2 aromatic rings. The molecule has 1 aromatic heterocycles. The standard InChI is InChI=1S/C12H10F4N2S/c1-6(17)10-5-19-11(18-10)7-2-8(12(14,15)16)4-9(13)3-7/h2-6H,17H2,1H3. The molecule has 0 aliphatic heterocycles. The average Bonchev–Trinajstić information content (AvgIpc) is 2.76. The van der Waals surface area contributed by atoms with Crippen LogP contribution in [0.4, 0.5) is 17.6 Å². The molecule has 0 radical (unpaired) electrons. The first-order valence-corrected chi connectivity index (χ1v) is 6.24. The van der Waals surface area contributed by atoms with Gasteiger partial charge >= 0.3 is 6.18 Å². The zero-order valence-electron chi connectivity index (χ0n) is 9.83. The SMILES string of the molecule is CC(N)c1csc(-c2cc(F)cc(C(F)(F)F)c2)n1. The lowest BCUT2D eigenvalue weighted by atomic mass is 10.1. The highest BCUT2D eigenvalue weighted by molar-refractivity contribution is 7.13. The summed E-state index contributed by atoms with van der Waals surface area (Å²) >= 11 is 1.13. The van der Waals surface area contributed by atoms with Crippen molar-refractivity contribution in [1.82, 2.24) is 4.98 Å². The second kappa shape index (κ2) is 4.90. The number of aromatic nitrogens is 1. The van der Waals surface area contributed by atoms with Gasteiger partial charge in [0.05, 0.1) is 11.3 Å². The number of benzene rings is 1. The van der Waals surface area contributed by atoms with Gasteiger partial charge in [-0.2, -0.15) is 13.2 Å². The second-order valence-corrected chi connectivity index (χ2v) is 4.95. The number of hydrogen-bond acceptors (Lipinski definition) is 3. The number of nitrogens with two attached hydrogens (primary N) is 1. The van der Waals surface area contributed by atoms with E-state index in [1.165, 1.54) is 0 Å². The second-order valence-electron chi connectivity index (χ2n) is 4.09. The predicted octanol–water partition coefficient (Wildman–Crippen LogP) is 3.99. The summed E-state index contributed by atoms with van der Waals surface area (Å²) in [6.45, 7) is 1.71. The molecule has 0 amide bonds. The molecular formula is C12H10F4N2S. The van der Waals surface area contributed by atoms with Crippen molar-refractivity contribution in [3.8, 4) is 10.6 Å². The molecule has 0 aliphatic rings. The summed E-state index contributed by atoms with van der Waals surface area (Å²) in [7, 11) is 0. The third kappa shape index (κ3) is 3.10. The fourth-order valence-electron chi connectivity index (χ4n) is 1.50. The summed E-state index contributed by atoms with van der Waals surface area (Å²) in [6.07, 6.45) is -4.59. The van der Waals surface area contributed by atoms with Crippen molar-refractivity contribution in [3.63, 3.8) is 0 Å². The van der Waals surface area contributed by atoms with E-state index in [1.807, 2.05) is 0 Å². The van der Waals surface area contributed by atoms with Crippen LogP contribution in [0.5, 0.6) is 0 Å². The van der Waals surface area contributed by atoms with Crippen LogP contribution in [0.25, 0.3) is 10.6 Å². The number of nitrogens with zero attached hydrogens (tertiary/aromatic N) is 1. The van der Waals surface area contributed by atoms with Crippen molar-refractivity contribution >= 4 is 11.3 Å². The Hall–Kier alpha value is -1.47. The smallest absolute Gasteiger partial charge is 0.323 e. The minimum absolute atomic E-state index is 0.101. The largest absolute Gasteiger partial charge is 0.416 e. The first-order chi connectivity index (χ1) is 8.77. The lowest BCUT2D eigenvalue weighted by Gasteiger charge is -2.08. The average molecular weight is 290 g/mol. The Bertz CT molecular complexity index is 590. The number of thiazole rings is 1. The number of rotatable bonds is 2. The van der Waals surface area contributed by atoms with Crippen molar-refractivity contribution in [2.24, 2.45) is 5.73 Å². The van der Waals surface area contributed by atoms with Crippen LogP contribution < -0.4 is 5.73 Å². The summed E-state index contributed by atoms with van der Waals surface area (Å²) in [4.78, 5) is 4.10. The van der Waals surface area contributed by atoms with E-state index in [0.29, 0.717) is 16.8 Å². The van der Waals surface area contributed by atoms with Crippen LogP contribution >= 0.6 is 11.3 Å². The Morgan fingerprint density at radius 1 is 1.26 bits per heavy atom. The van der Waals surface area contributed by atoms with Gasteiger partial charge in [0, 0.05) is 17.0 Å². The van der Waals surface area contributed by atoms with Gasteiger partial charge in [-0.3, -0.25) is 0 Å². The molecule has 102 valence electrons. The normalized spacial score (nSPS) is 13.6. The topological polar surface area (TPSA) is 38.9 Å². The van der Waals surface area contributed by atoms with E-state index in [2.05, 4.69) is 4.98 Å². The highest BCUT2D eigenvalue weighted by atomic mass is 32.1. The molecule has 0 bridgehead atoms. The van der Waals surface area contributed by atoms with E-state index in [1.54, 1.807) is 12.3 Å². The minimum atomic E-state index is -4.59. The van der Waals surface area contributed by atoms with Crippen LogP contribution in [0.2, 0.25) is 0 Å². The van der Waals surface area contributed by atoms with Crippen molar-refractivity contribution in [3.05, 3.63) is 40.7 Å². The Kier molecular flexibility index (Phi) is 3.60. The van der Waals surface area contributed by atoms with Gasteiger partial charge in [0.1, 0.15) is 10.8 Å². The summed E-state index contributed by atoms with van der Waals surface area (Å²) in [6, 6.07) is 2.05. The van der Waals surface area contributed by atoms with Crippen molar-refractivity contribution in [1.29, 1.82) is 0 Å². The van der Waals surface area contributed by atoms with Gasteiger partial charge in [-0.15, -0.1) is 11.3 Å². The third-order valence-corrected chi connectivity index (χ3v) is 3.37. The molecule has 19 heavy (non-hydrogen) atoms. The zero-order valence-corrected chi connectivity index (χ0v) is 10.6. The zero-order chi connectivity index (χ0) is 14.2. The Labute approximate surface area is 110 Å². The van der Waals surface area contributed by atoms with Gasteiger partial charge in [-0.05, 0) is 25.1 Å². The lowest BCUT2D eigenvalue weighted by Crippen LogP contribution is -2.06. The first kappa shape index (κ1) is 14.0. The predicted molar refractivity (Wildman–Crippen MR) is 65.1 cm³/mol. The molecule has 0 aliphatic carbocycles. The van der Waals surface area contributed by atoms with Crippen LogP contribution in [-0.4, -0.2) is 4.98 Å². The van der Waals surface area contributed by atoms with E-state index in [4.69, 9.17) is 5.73 Å². The van der Waals surface area contributed by atoms with Gasteiger partial charge < -0.3 is 5.73 Å². The first-order valence-electron chi connectivity index (χ1n) is 5.36. The third-order valence-electron chi connectivity index (χ3n) is 2.46. The van der Waals surface area contributed by atoms with E-state index in [9.17, 15) is 17.6 Å². The Morgan fingerprint density at radius 2 is 1.95 bits per heavy atom. The molecular weight excluding hydrogens is 280 g/mol. The molecule has 1 heterocycles. The fraction of sp³-hybridized carbons (Fsp3) is 0.250. The Balaban J connectivity index is 2.47. The van der Waals surface area contributed by atoms with Crippen LogP contribution in [0, 0.1) is 5.82 Å². The monoisotopic (exact) mass is 290 g/mol. The van der Waals surface area contributed by atoms with E-state index in [0.717, 1.165) is 23.5 Å². The van der Waals surface area contributed by atoms with Crippen molar-refractivity contribution in [2.45, 2.75) is 19.1 Å². The van der Waals surface area contributed by atoms with E-state index < -0.39 is 17.6 Å². The molecule has 1 aromatic carbocycles. The van der Waals surface area contributed by atoms with Gasteiger partial charge in [-0.1, -0.05) is 0 Å². The maximum Gasteiger partial charge on any atom is 0.416 e. The van der Waals surface area contributed by atoms with Crippen molar-refractivity contribution in [2.75, 3.05) is 0 Å². The number of alkyl halides is 3. The van der Waals surface area contributed by atoms with Crippen LogP contribution in [0.3, 0.4) is 0 Å². The summed E-state index contributed by atoms with van der Waals surface area (Å²) in [5, 5.41) is 1.97. The van der Waals surface area contributed by atoms with Crippen LogP contribution in [0.1, 0.15) is 24.2 Å². The van der Waals surface area contributed by atoms with Gasteiger partial charge in [0.25, 0.3) is 0 Å². The fourth-order valence-corrected chi connectivity index (χ4v) is 2.42. The molecule has 1 atom stereocenters. The van der Waals surface area contributed by atoms with E-state index in [-0.39, 0.29) is 11.6 Å². The number of hydrogen-bond donors (Lipinski definition) is 1. The highest BCUT2D eigenvalue weighted by Crippen LogP contribution is 2.34. The summed E-state index contributed by atoms with van der Waals surface area (Å²) in [5.41, 5.74) is 5.27. The minimum Gasteiger partial charge on any atom is -0.323 e. The van der Waals surface area contributed by atoms with E-state index >= 15 is 0 Å². The molecule has 0 saturated carbocycles. The van der Waals surface area contributed by atoms with Gasteiger partial charge in [-0.25, -0.2) is 9.37 Å². The molecule has 0 saturated heterocycles. The maximum atomic E-state index is 13.3. The summed E-state index contributed by atoms with van der Waals surface area (Å²) < 4.78 is 51.0. The molecule has 1 unspecified atom stereocenters. The summed E-state index contributed by atoms with van der Waals surface area (Å²) in [5.74, 6) is -0.942. The highest BCUT2D eigenvalue weighted by Gasteiger charge is 2.31. The van der Waals surface area contributed by atoms with Gasteiger partial charge in [0.2, 0.25) is 0 Å². The Morgan fingerprint density at radius 3 is 2.47 bits per heavy atom. The molecule has 2 N–H and O–H groups in total. The van der Waals surface area contributed by atoms with Crippen LogP contribution in [-0.2, 0) is 6.18 Å². The molecule has 0 spiro atoms. The van der Waals surface area contributed by atoms with Crippen LogP contribution in [0.15, 0.2) is 23.6 Å². The molecule has 2 nitrogen and oxygen atoms in total. The quantitative estimate of drug-likeness (QED) is 0.849. The molecule has 7 heteroatoms. The maximum absolute atomic E-state index is 13.3. The molecule has 2 rings (SSSR count). The molecule has 0 fully saturated rings.